The number of nitrogens with zero attached hydrogens (tertiary/aromatic N) is 3. The van der Waals surface area contributed by atoms with Crippen molar-refractivity contribution >= 4 is 23.2 Å². The number of amides is 2. The molecule has 0 bridgehead atoms. The van der Waals surface area contributed by atoms with Crippen molar-refractivity contribution in [2.45, 2.75) is 75.8 Å². The van der Waals surface area contributed by atoms with Crippen LogP contribution in [-0.4, -0.2) is 66.0 Å². The Bertz CT molecular complexity index is 1060. The van der Waals surface area contributed by atoms with Crippen LogP contribution in [0.3, 0.4) is 0 Å². The van der Waals surface area contributed by atoms with Gasteiger partial charge in [-0.3, -0.25) is 14.5 Å². The van der Waals surface area contributed by atoms with E-state index in [2.05, 4.69) is 33.8 Å². The number of ether oxygens (including phenoxy) is 1. The average molecular weight is 524 g/mol. The Hall–Kier alpha value is -2.77. The first-order chi connectivity index (χ1) is 18.0. The number of nitrogens with two attached hydrogens (primary N) is 1. The zero-order valence-electron chi connectivity index (χ0n) is 21.5. The van der Waals surface area contributed by atoms with E-state index in [1.807, 2.05) is 24.3 Å². The number of piperidine rings is 1. The third kappa shape index (κ3) is 7.39. The van der Waals surface area contributed by atoms with Gasteiger partial charge in [0.25, 0.3) is 0 Å². The fraction of sp³-hybridized carbons (Fsp3) is 0.536. The maximum atomic E-state index is 13.6. The number of carbonyl (C=O) groups is 2. The van der Waals surface area contributed by atoms with Crippen molar-refractivity contribution in [2.24, 2.45) is 5.73 Å². The smallest absolute Gasteiger partial charge is 0.249 e. The molecule has 2 fully saturated rings. The predicted molar refractivity (Wildman–Crippen MR) is 143 cm³/mol. The third-order valence-electron chi connectivity index (χ3n) is 7.51. The third-order valence-corrected chi connectivity index (χ3v) is 8.37. The number of carbonyl (C=O) groups excluding carboxylic acids is 2. The molecule has 37 heavy (non-hydrogen) atoms. The van der Waals surface area contributed by atoms with Crippen LogP contribution in [0.15, 0.2) is 41.8 Å². The van der Waals surface area contributed by atoms with E-state index in [9.17, 15) is 9.59 Å². The summed E-state index contributed by atoms with van der Waals surface area (Å²) in [6.45, 7) is 1.95. The van der Waals surface area contributed by atoms with E-state index in [0.29, 0.717) is 25.1 Å². The van der Waals surface area contributed by atoms with Gasteiger partial charge in [0.15, 0.2) is 0 Å². The molecule has 8 nitrogen and oxygen atoms in total. The van der Waals surface area contributed by atoms with Gasteiger partial charge in [0.2, 0.25) is 11.8 Å². The number of benzene rings is 1. The number of nitriles is 1. The zero-order chi connectivity index (χ0) is 26.2. The van der Waals surface area contributed by atoms with E-state index >= 15 is 0 Å². The normalized spacial score (nSPS) is 24.0. The average Bonchev–Trinajstić information content (AvgIpc) is 3.43. The minimum atomic E-state index is -0.538. The van der Waals surface area contributed by atoms with Gasteiger partial charge in [-0.1, -0.05) is 18.2 Å². The first kappa shape index (κ1) is 27.3. The minimum Gasteiger partial charge on any atom is -0.375 e. The standard InChI is InChI=1S/C28H37N5O3S/c1-36-19-27(34)33-13-12-24(15-26(33)28(35)31-23-10-8-22(30)9-11-23)32(18-25-3-2-14-37-25)17-21-6-4-20(16-29)5-7-21/h2-7,14,22-24,26H,8-13,15,17-19,30H2,1H3,(H,31,35)/t22?,23?,24?,26-/m1/s1. The Morgan fingerprint density at radius 1 is 1.16 bits per heavy atom. The van der Waals surface area contributed by atoms with Crippen molar-refractivity contribution in [1.29, 1.82) is 5.26 Å². The summed E-state index contributed by atoms with van der Waals surface area (Å²) in [7, 11) is 1.51. The molecule has 3 N–H and O–H groups in total. The number of thiophene rings is 1. The highest BCUT2D eigenvalue weighted by Crippen LogP contribution is 2.27. The topological polar surface area (TPSA) is 112 Å². The summed E-state index contributed by atoms with van der Waals surface area (Å²) in [4.78, 5) is 31.8. The van der Waals surface area contributed by atoms with Gasteiger partial charge in [-0.25, -0.2) is 0 Å². The lowest BCUT2D eigenvalue weighted by atomic mass is 9.90. The van der Waals surface area contributed by atoms with Gasteiger partial charge in [-0.05, 0) is 67.7 Å². The molecule has 1 saturated carbocycles. The zero-order valence-corrected chi connectivity index (χ0v) is 22.3. The fourth-order valence-corrected chi connectivity index (χ4v) is 6.16. The first-order valence-electron chi connectivity index (χ1n) is 13.1. The highest BCUT2D eigenvalue weighted by molar-refractivity contribution is 7.09. The maximum absolute atomic E-state index is 13.6. The summed E-state index contributed by atoms with van der Waals surface area (Å²) in [5, 5.41) is 14.5. The van der Waals surface area contributed by atoms with Gasteiger partial charge < -0.3 is 20.7 Å². The SMILES string of the molecule is COCC(=O)N1CCC(N(Cc2ccc(C#N)cc2)Cc2cccs2)C[C@@H]1C(=O)NC1CCC(N)CC1. The van der Waals surface area contributed by atoms with E-state index < -0.39 is 6.04 Å². The summed E-state index contributed by atoms with van der Waals surface area (Å²) in [5.41, 5.74) is 7.81. The van der Waals surface area contributed by atoms with E-state index in [4.69, 9.17) is 15.7 Å². The van der Waals surface area contributed by atoms with Crippen LogP contribution in [0.25, 0.3) is 0 Å². The second-order valence-electron chi connectivity index (χ2n) is 10.1. The number of hydrogen-bond acceptors (Lipinski definition) is 7. The van der Waals surface area contributed by atoms with Gasteiger partial charge in [0, 0.05) is 49.7 Å². The van der Waals surface area contributed by atoms with Crippen molar-refractivity contribution < 1.29 is 14.3 Å². The van der Waals surface area contributed by atoms with Crippen molar-refractivity contribution in [3.63, 3.8) is 0 Å². The summed E-state index contributed by atoms with van der Waals surface area (Å²) in [6.07, 6.45) is 4.90. The lowest BCUT2D eigenvalue weighted by Gasteiger charge is -2.43. The molecule has 0 radical (unpaired) electrons. The first-order valence-corrected chi connectivity index (χ1v) is 13.9. The van der Waals surface area contributed by atoms with E-state index in [-0.39, 0.29) is 36.5 Å². The second kappa shape index (κ2) is 13.2. The highest BCUT2D eigenvalue weighted by Gasteiger charge is 2.39. The lowest BCUT2D eigenvalue weighted by molar-refractivity contribution is -0.147. The van der Waals surface area contributed by atoms with Gasteiger partial charge >= 0.3 is 0 Å². The quantitative estimate of drug-likeness (QED) is 0.523. The van der Waals surface area contributed by atoms with Crippen LogP contribution in [0.4, 0.5) is 0 Å². The fourth-order valence-electron chi connectivity index (χ4n) is 5.43. The number of likely N-dealkylation sites (tertiary alicyclic amines) is 1. The molecule has 0 spiro atoms. The molecule has 2 aliphatic rings. The van der Waals surface area contributed by atoms with Crippen molar-refractivity contribution in [2.75, 3.05) is 20.3 Å². The van der Waals surface area contributed by atoms with Gasteiger partial charge in [0.05, 0.1) is 11.6 Å². The van der Waals surface area contributed by atoms with Crippen LogP contribution in [-0.2, 0) is 27.4 Å². The van der Waals surface area contributed by atoms with Crippen LogP contribution < -0.4 is 11.1 Å². The Kier molecular flexibility index (Phi) is 9.69. The number of hydrogen-bond donors (Lipinski definition) is 2. The molecular formula is C28H37N5O3S. The van der Waals surface area contributed by atoms with Gasteiger partial charge in [0.1, 0.15) is 12.6 Å². The summed E-state index contributed by atoms with van der Waals surface area (Å²) < 4.78 is 5.12. The number of rotatable bonds is 9. The lowest BCUT2D eigenvalue weighted by Crippen LogP contribution is -2.59. The molecule has 9 heteroatoms. The molecule has 1 saturated heterocycles. The molecule has 198 valence electrons. The Morgan fingerprint density at radius 2 is 1.92 bits per heavy atom. The van der Waals surface area contributed by atoms with E-state index in [1.165, 1.54) is 12.0 Å². The van der Waals surface area contributed by atoms with Crippen LogP contribution in [0, 0.1) is 11.3 Å². The molecule has 2 heterocycles. The summed E-state index contributed by atoms with van der Waals surface area (Å²) >= 11 is 1.72. The van der Waals surface area contributed by atoms with E-state index in [0.717, 1.165) is 44.2 Å². The maximum Gasteiger partial charge on any atom is 0.249 e. The number of nitrogens with one attached hydrogen (secondary N) is 1. The Balaban J connectivity index is 1.52. The Morgan fingerprint density at radius 3 is 2.57 bits per heavy atom. The molecule has 1 aromatic heterocycles. The van der Waals surface area contributed by atoms with Gasteiger partial charge in [-0.2, -0.15) is 5.26 Å². The highest BCUT2D eigenvalue weighted by atomic mass is 32.1. The largest absolute Gasteiger partial charge is 0.375 e. The van der Waals surface area contributed by atoms with Crippen molar-refractivity contribution in [1.82, 2.24) is 15.1 Å². The molecule has 1 aliphatic heterocycles. The van der Waals surface area contributed by atoms with Crippen LogP contribution in [0.2, 0.25) is 0 Å². The molecular weight excluding hydrogens is 486 g/mol. The van der Waals surface area contributed by atoms with Crippen molar-refractivity contribution in [3.8, 4) is 6.07 Å². The molecule has 4 rings (SSSR count). The summed E-state index contributed by atoms with van der Waals surface area (Å²) in [6, 6.07) is 13.9. The molecule has 2 amide bonds. The molecule has 1 unspecified atom stereocenters. The second-order valence-corrected chi connectivity index (χ2v) is 11.2. The van der Waals surface area contributed by atoms with Crippen LogP contribution in [0.1, 0.15) is 54.5 Å². The monoisotopic (exact) mass is 523 g/mol. The van der Waals surface area contributed by atoms with Crippen LogP contribution >= 0.6 is 11.3 Å². The van der Waals surface area contributed by atoms with Gasteiger partial charge in [-0.15, -0.1) is 11.3 Å². The minimum absolute atomic E-state index is 0.0309. The molecule has 1 aliphatic carbocycles. The van der Waals surface area contributed by atoms with Crippen molar-refractivity contribution in [3.05, 3.63) is 57.8 Å². The van der Waals surface area contributed by atoms with E-state index in [1.54, 1.807) is 16.2 Å². The Labute approximate surface area is 223 Å². The molecule has 2 atom stereocenters. The molecule has 2 aromatic rings. The predicted octanol–water partition coefficient (Wildman–Crippen LogP) is 3.01. The number of methoxy groups -OCH3 is 1. The summed E-state index contributed by atoms with van der Waals surface area (Å²) in [5.74, 6) is -0.229. The van der Waals surface area contributed by atoms with Crippen LogP contribution in [0.5, 0.6) is 0 Å². The molecule has 1 aromatic carbocycles.